The van der Waals surface area contributed by atoms with Crippen molar-refractivity contribution in [1.82, 2.24) is 15.3 Å². The summed E-state index contributed by atoms with van der Waals surface area (Å²) < 4.78 is 26.4. The van der Waals surface area contributed by atoms with Gasteiger partial charge in [-0.1, -0.05) is 30.3 Å². The average Bonchev–Trinajstić information content (AvgIpc) is 2.67. The van der Waals surface area contributed by atoms with E-state index in [1.165, 1.54) is 30.6 Å². The molecule has 0 bridgehead atoms. The molecule has 3 rings (SSSR count). The maximum absolute atomic E-state index is 13.5. The van der Waals surface area contributed by atoms with E-state index >= 15 is 0 Å². The van der Waals surface area contributed by atoms with Gasteiger partial charge < -0.3 is 10.6 Å². The van der Waals surface area contributed by atoms with Crippen LogP contribution in [0.25, 0.3) is 0 Å². The lowest BCUT2D eigenvalue weighted by atomic mass is 10.2. The minimum atomic E-state index is -0.439. The van der Waals surface area contributed by atoms with Crippen LogP contribution in [-0.2, 0) is 13.1 Å². The third kappa shape index (κ3) is 4.60. The topological polar surface area (TPSA) is 66.9 Å². The highest BCUT2D eigenvalue weighted by Gasteiger charge is 2.09. The number of benzene rings is 2. The molecule has 26 heavy (non-hydrogen) atoms. The number of rotatable bonds is 6. The van der Waals surface area contributed by atoms with Crippen LogP contribution in [0.2, 0.25) is 0 Å². The number of hydrogen-bond donors (Lipinski definition) is 2. The number of aromatic nitrogens is 2. The Balaban J connectivity index is 1.54. The van der Waals surface area contributed by atoms with Gasteiger partial charge in [-0.2, -0.15) is 0 Å². The largest absolute Gasteiger partial charge is 0.365 e. The fourth-order valence-electron chi connectivity index (χ4n) is 2.24. The van der Waals surface area contributed by atoms with Gasteiger partial charge in [0.1, 0.15) is 23.1 Å². The van der Waals surface area contributed by atoms with Crippen molar-refractivity contribution in [2.45, 2.75) is 13.1 Å². The SMILES string of the molecule is O=C(NCc1ccccc1F)c1cnc(NCc2ccc(F)cc2)cn1. The molecule has 0 saturated heterocycles. The zero-order valence-corrected chi connectivity index (χ0v) is 13.7. The van der Waals surface area contributed by atoms with E-state index in [9.17, 15) is 13.6 Å². The Morgan fingerprint density at radius 2 is 1.69 bits per heavy atom. The van der Waals surface area contributed by atoms with Crippen LogP contribution >= 0.6 is 0 Å². The molecule has 0 radical (unpaired) electrons. The first kappa shape index (κ1) is 17.5. The molecule has 0 aliphatic heterocycles. The Bertz CT molecular complexity index is 883. The van der Waals surface area contributed by atoms with Gasteiger partial charge in [0.15, 0.2) is 0 Å². The van der Waals surface area contributed by atoms with Crippen molar-refractivity contribution < 1.29 is 13.6 Å². The summed E-state index contributed by atoms with van der Waals surface area (Å²) >= 11 is 0. The van der Waals surface area contributed by atoms with Crippen LogP contribution in [0, 0.1) is 11.6 Å². The maximum atomic E-state index is 13.5. The highest BCUT2D eigenvalue weighted by atomic mass is 19.1. The van der Waals surface area contributed by atoms with Crippen molar-refractivity contribution in [3.05, 3.63) is 89.4 Å². The van der Waals surface area contributed by atoms with Gasteiger partial charge in [-0.05, 0) is 23.8 Å². The summed E-state index contributed by atoms with van der Waals surface area (Å²) in [5, 5.41) is 5.64. The van der Waals surface area contributed by atoms with Crippen LogP contribution in [0.4, 0.5) is 14.6 Å². The van der Waals surface area contributed by atoms with Crippen molar-refractivity contribution >= 4 is 11.7 Å². The Morgan fingerprint density at radius 3 is 2.38 bits per heavy atom. The molecule has 7 heteroatoms. The normalized spacial score (nSPS) is 10.4. The summed E-state index contributed by atoms with van der Waals surface area (Å²) in [6.45, 7) is 0.519. The van der Waals surface area contributed by atoms with Crippen molar-refractivity contribution in [3.8, 4) is 0 Å². The van der Waals surface area contributed by atoms with Crippen LogP contribution in [0.3, 0.4) is 0 Å². The van der Waals surface area contributed by atoms with Gasteiger partial charge in [0.2, 0.25) is 0 Å². The molecule has 0 atom stereocenters. The van der Waals surface area contributed by atoms with Crippen molar-refractivity contribution in [2.24, 2.45) is 0 Å². The standard InChI is InChI=1S/C19H16F2N4O/c20-15-7-5-13(6-8-15)9-23-18-12-22-17(11-24-18)19(26)25-10-14-3-1-2-4-16(14)21/h1-8,11-12H,9-10H2,(H,23,24)(H,25,26). The molecule has 2 N–H and O–H groups in total. The molecule has 0 fully saturated rings. The second-order valence-corrected chi connectivity index (χ2v) is 5.54. The maximum Gasteiger partial charge on any atom is 0.271 e. The van der Waals surface area contributed by atoms with E-state index in [1.54, 1.807) is 30.3 Å². The molecule has 1 amide bonds. The number of carbonyl (C=O) groups is 1. The molecule has 0 aliphatic carbocycles. The van der Waals surface area contributed by atoms with E-state index in [1.807, 2.05) is 0 Å². The second kappa shape index (κ2) is 8.15. The average molecular weight is 354 g/mol. The van der Waals surface area contributed by atoms with Crippen molar-refractivity contribution in [3.63, 3.8) is 0 Å². The lowest BCUT2D eigenvalue weighted by molar-refractivity contribution is 0.0945. The Morgan fingerprint density at radius 1 is 0.923 bits per heavy atom. The summed E-state index contributed by atoms with van der Waals surface area (Å²) in [6, 6.07) is 12.3. The number of nitrogens with zero attached hydrogens (tertiary/aromatic N) is 2. The summed E-state index contributed by atoms with van der Waals surface area (Å²) in [6.07, 6.45) is 2.77. The molecule has 1 heterocycles. The molecule has 5 nitrogen and oxygen atoms in total. The minimum absolute atomic E-state index is 0.0672. The van der Waals surface area contributed by atoms with Gasteiger partial charge in [0.05, 0.1) is 12.4 Å². The fraction of sp³-hybridized carbons (Fsp3) is 0.105. The molecule has 3 aromatic rings. The molecular weight excluding hydrogens is 338 g/mol. The first-order valence-corrected chi connectivity index (χ1v) is 7.94. The second-order valence-electron chi connectivity index (χ2n) is 5.54. The van der Waals surface area contributed by atoms with Gasteiger partial charge in [0, 0.05) is 18.7 Å². The van der Waals surface area contributed by atoms with Gasteiger partial charge in [-0.15, -0.1) is 0 Å². The van der Waals surface area contributed by atoms with Crippen LogP contribution in [0.5, 0.6) is 0 Å². The molecule has 1 aromatic heterocycles. The molecule has 2 aromatic carbocycles. The number of amides is 1. The Kier molecular flexibility index (Phi) is 5.48. The Hall–Kier alpha value is -3.35. The number of hydrogen-bond acceptors (Lipinski definition) is 4. The summed E-state index contributed by atoms with van der Waals surface area (Å²) in [5.41, 5.74) is 1.42. The third-order valence-electron chi connectivity index (χ3n) is 3.67. The molecule has 0 saturated carbocycles. The molecule has 0 spiro atoms. The predicted octanol–water partition coefficient (Wildman–Crippen LogP) is 3.30. The zero-order chi connectivity index (χ0) is 18.4. The van der Waals surface area contributed by atoms with E-state index in [0.717, 1.165) is 5.56 Å². The number of anilines is 1. The first-order valence-electron chi connectivity index (χ1n) is 7.94. The molecular formula is C19H16F2N4O. The van der Waals surface area contributed by atoms with Crippen LogP contribution in [0.1, 0.15) is 21.6 Å². The van der Waals surface area contributed by atoms with Gasteiger partial charge in [-0.25, -0.2) is 18.7 Å². The smallest absolute Gasteiger partial charge is 0.271 e. The molecule has 132 valence electrons. The van der Waals surface area contributed by atoms with E-state index < -0.39 is 5.91 Å². The van der Waals surface area contributed by atoms with Gasteiger partial charge >= 0.3 is 0 Å². The highest BCUT2D eigenvalue weighted by Crippen LogP contribution is 2.08. The summed E-state index contributed by atoms with van der Waals surface area (Å²) in [5.74, 6) is -0.621. The first-order chi connectivity index (χ1) is 12.6. The van der Waals surface area contributed by atoms with Crippen LogP contribution in [0.15, 0.2) is 60.9 Å². The van der Waals surface area contributed by atoms with Crippen molar-refractivity contribution in [2.75, 3.05) is 5.32 Å². The lowest BCUT2D eigenvalue weighted by Gasteiger charge is -2.07. The highest BCUT2D eigenvalue weighted by molar-refractivity contribution is 5.91. The number of carbonyl (C=O) groups excluding carboxylic acids is 1. The van der Waals surface area contributed by atoms with E-state index in [4.69, 9.17) is 0 Å². The third-order valence-corrected chi connectivity index (χ3v) is 3.67. The fourth-order valence-corrected chi connectivity index (χ4v) is 2.24. The van der Waals surface area contributed by atoms with Crippen LogP contribution in [-0.4, -0.2) is 15.9 Å². The van der Waals surface area contributed by atoms with Gasteiger partial charge in [0.25, 0.3) is 5.91 Å². The zero-order valence-electron chi connectivity index (χ0n) is 13.7. The summed E-state index contributed by atoms with van der Waals surface area (Å²) in [7, 11) is 0. The lowest BCUT2D eigenvalue weighted by Crippen LogP contribution is -2.24. The van der Waals surface area contributed by atoms with Crippen LogP contribution < -0.4 is 10.6 Å². The minimum Gasteiger partial charge on any atom is -0.365 e. The molecule has 0 aliphatic rings. The number of nitrogens with one attached hydrogen (secondary N) is 2. The molecule has 0 unspecified atom stereocenters. The predicted molar refractivity (Wildman–Crippen MR) is 93.3 cm³/mol. The monoisotopic (exact) mass is 354 g/mol. The van der Waals surface area contributed by atoms with E-state index in [2.05, 4.69) is 20.6 Å². The van der Waals surface area contributed by atoms with Crippen molar-refractivity contribution in [1.29, 1.82) is 0 Å². The van der Waals surface area contributed by atoms with E-state index in [0.29, 0.717) is 17.9 Å². The Labute approximate surface area is 149 Å². The number of halogens is 2. The van der Waals surface area contributed by atoms with Gasteiger partial charge in [-0.3, -0.25) is 4.79 Å². The summed E-state index contributed by atoms with van der Waals surface area (Å²) in [4.78, 5) is 20.2. The quantitative estimate of drug-likeness (QED) is 0.713. The van der Waals surface area contributed by atoms with E-state index in [-0.39, 0.29) is 23.9 Å².